The lowest BCUT2D eigenvalue weighted by atomic mass is 9.81. The first kappa shape index (κ1) is 10.7. The Morgan fingerprint density at radius 3 is 2.73 bits per heavy atom. The van der Waals surface area contributed by atoms with Crippen molar-refractivity contribution in [1.82, 2.24) is 0 Å². The van der Waals surface area contributed by atoms with Crippen molar-refractivity contribution in [2.45, 2.75) is 33.1 Å². The van der Waals surface area contributed by atoms with Crippen LogP contribution in [0.25, 0.3) is 0 Å². The van der Waals surface area contributed by atoms with Crippen molar-refractivity contribution in [1.29, 1.82) is 0 Å². The van der Waals surface area contributed by atoms with Crippen molar-refractivity contribution < 1.29 is 9.53 Å². The van der Waals surface area contributed by atoms with Gasteiger partial charge in [0.1, 0.15) is 0 Å². The summed E-state index contributed by atoms with van der Waals surface area (Å²) in [6, 6.07) is 0. The highest BCUT2D eigenvalue weighted by atomic mass is 16.5. The summed E-state index contributed by atoms with van der Waals surface area (Å²) in [6.45, 7) is 4.44. The fraction of sp³-hybridized carbons (Fsp3) is 0.769. The van der Waals surface area contributed by atoms with Crippen molar-refractivity contribution in [2.24, 2.45) is 23.7 Å². The number of carbonyl (C=O) groups excluding carboxylic acids is 1. The quantitative estimate of drug-likeness (QED) is 0.403. The highest BCUT2D eigenvalue weighted by Crippen LogP contribution is 2.49. The zero-order valence-electron chi connectivity index (χ0n) is 9.61. The minimum Gasteiger partial charge on any atom is -0.466 e. The van der Waals surface area contributed by atoms with E-state index in [1.807, 2.05) is 0 Å². The van der Waals surface area contributed by atoms with E-state index in [1.54, 1.807) is 0 Å². The van der Waals surface area contributed by atoms with Crippen molar-refractivity contribution in [3.05, 3.63) is 12.2 Å². The largest absolute Gasteiger partial charge is 0.466 e. The zero-order chi connectivity index (χ0) is 10.8. The third-order valence-electron chi connectivity index (χ3n) is 4.04. The highest BCUT2D eigenvalue weighted by Gasteiger charge is 2.40. The predicted octanol–water partition coefficient (Wildman–Crippen LogP) is 2.79. The number of ether oxygens (including phenoxy) is 1. The molecule has 0 N–H and O–H groups in total. The van der Waals surface area contributed by atoms with Crippen LogP contribution in [0.4, 0.5) is 0 Å². The first-order valence-corrected chi connectivity index (χ1v) is 6.00. The maximum Gasteiger partial charge on any atom is 0.302 e. The van der Waals surface area contributed by atoms with Crippen molar-refractivity contribution in [2.75, 3.05) is 6.61 Å². The molecule has 2 aliphatic carbocycles. The van der Waals surface area contributed by atoms with E-state index >= 15 is 0 Å². The number of carbonyl (C=O) groups is 1. The molecule has 2 nitrogen and oxygen atoms in total. The topological polar surface area (TPSA) is 26.3 Å². The summed E-state index contributed by atoms with van der Waals surface area (Å²) in [6.07, 6.45) is 8.37. The molecule has 0 saturated heterocycles. The van der Waals surface area contributed by atoms with Crippen LogP contribution >= 0.6 is 0 Å². The number of fused-ring (bicyclic) bond motifs is 2. The van der Waals surface area contributed by atoms with Gasteiger partial charge in [0.2, 0.25) is 0 Å². The zero-order valence-corrected chi connectivity index (χ0v) is 9.61. The molecule has 0 aromatic carbocycles. The Morgan fingerprint density at radius 1 is 1.40 bits per heavy atom. The van der Waals surface area contributed by atoms with Gasteiger partial charge in [-0.15, -0.1) is 0 Å². The molecule has 0 aromatic rings. The summed E-state index contributed by atoms with van der Waals surface area (Å²) < 4.78 is 4.96. The maximum atomic E-state index is 10.6. The van der Waals surface area contributed by atoms with Gasteiger partial charge in [-0.05, 0) is 42.9 Å². The number of rotatable bonds is 4. The molecule has 0 aromatic heterocycles. The van der Waals surface area contributed by atoms with Gasteiger partial charge in [-0.3, -0.25) is 4.79 Å². The third-order valence-corrected chi connectivity index (χ3v) is 4.04. The summed E-state index contributed by atoms with van der Waals surface area (Å²) in [7, 11) is 0. The van der Waals surface area contributed by atoms with Crippen LogP contribution in [0.2, 0.25) is 0 Å². The summed E-state index contributed by atoms with van der Waals surface area (Å²) in [5.74, 6) is 3.14. The SMILES string of the molecule is CC(=O)OCCCC1C2C=CC(C2)C1C. The van der Waals surface area contributed by atoms with Crippen LogP contribution in [0.15, 0.2) is 12.2 Å². The predicted molar refractivity (Wildman–Crippen MR) is 59.3 cm³/mol. The maximum absolute atomic E-state index is 10.6. The van der Waals surface area contributed by atoms with Crippen molar-refractivity contribution in [3.63, 3.8) is 0 Å². The fourth-order valence-electron chi connectivity index (χ4n) is 3.18. The van der Waals surface area contributed by atoms with Crippen LogP contribution in [0.3, 0.4) is 0 Å². The first-order valence-electron chi connectivity index (χ1n) is 6.00. The minimum atomic E-state index is -0.157. The van der Waals surface area contributed by atoms with Gasteiger partial charge in [-0.1, -0.05) is 19.1 Å². The fourth-order valence-corrected chi connectivity index (χ4v) is 3.18. The van der Waals surface area contributed by atoms with Crippen LogP contribution < -0.4 is 0 Å². The Labute approximate surface area is 91.7 Å². The van der Waals surface area contributed by atoms with E-state index in [0.717, 1.165) is 30.1 Å². The molecule has 15 heavy (non-hydrogen) atoms. The Balaban J connectivity index is 1.72. The molecule has 1 fully saturated rings. The van der Waals surface area contributed by atoms with Crippen molar-refractivity contribution >= 4 is 5.97 Å². The van der Waals surface area contributed by atoms with Gasteiger partial charge in [-0.25, -0.2) is 0 Å². The molecule has 0 spiro atoms. The lowest BCUT2D eigenvalue weighted by Crippen LogP contribution is -2.17. The molecular weight excluding hydrogens is 188 g/mol. The van der Waals surface area contributed by atoms with E-state index in [9.17, 15) is 4.79 Å². The standard InChI is InChI=1S/C13H20O2/c1-9-11-5-6-12(8-11)13(9)4-3-7-15-10(2)14/h5-6,9,11-13H,3-4,7-8H2,1-2H3. The lowest BCUT2D eigenvalue weighted by molar-refractivity contribution is -0.141. The summed E-state index contributed by atoms with van der Waals surface area (Å²) >= 11 is 0. The molecule has 0 aliphatic heterocycles. The Bertz CT molecular complexity index is 270. The van der Waals surface area contributed by atoms with E-state index in [1.165, 1.54) is 19.8 Å². The van der Waals surface area contributed by atoms with E-state index in [-0.39, 0.29) is 5.97 Å². The number of allylic oxidation sites excluding steroid dienone is 2. The van der Waals surface area contributed by atoms with Gasteiger partial charge in [0.25, 0.3) is 0 Å². The molecule has 0 heterocycles. The van der Waals surface area contributed by atoms with Crippen LogP contribution in [-0.2, 0) is 9.53 Å². The first-order chi connectivity index (χ1) is 7.18. The van der Waals surface area contributed by atoms with Gasteiger partial charge in [0.15, 0.2) is 0 Å². The Hall–Kier alpha value is -0.790. The smallest absolute Gasteiger partial charge is 0.302 e. The molecule has 4 atom stereocenters. The van der Waals surface area contributed by atoms with E-state index in [2.05, 4.69) is 19.1 Å². The van der Waals surface area contributed by atoms with E-state index < -0.39 is 0 Å². The normalized spacial score (nSPS) is 37.2. The minimum absolute atomic E-state index is 0.157. The lowest BCUT2D eigenvalue weighted by Gasteiger charge is -2.24. The van der Waals surface area contributed by atoms with Gasteiger partial charge in [-0.2, -0.15) is 0 Å². The second-order valence-electron chi connectivity index (χ2n) is 4.95. The number of esters is 1. The molecule has 0 amide bonds. The van der Waals surface area contributed by atoms with Crippen LogP contribution in [0, 0.1) is 23.7 Å². The molecule has 1 saturated carbocycles. The molecule has 84 valence electrons. The second-order valence-corrected chi connectivity index (χ2v) is 4.95. The summed E-state index contributed by atoms with van der Waals surface area (Å²) in [5, 5.41) is 0. The van der Waals surface area contributed by atoms with Crippen molar-refractivity contribution in [3.8, 4) is 0 Å². The van der Waals surface area contributed by atoms with Crippen LogP contribution in [0.5, 0.6) is 0 Å². The molecule has 4 unspecified atom stereocenters. The van der Waals surface area contributed by atoms with Gasteiger partial charge in [0.05, 0.1) is 6.61 Å². The average Bonchev–Trinajstić information content (AvgIpc) is 2.74. The highest BCUT2D eigenvalue weighted by molar-refractivity contribution is 5.65. The monoisotopic (exact) mass is 208 g/mol. The molecule has 2 aliphatic rings. The number of hydrogen-bond donors (Lipinski definition) is 0. The Kier molecular flexibility index (Phi) is 3.13. The van der Waals surface area contributed by atoms with Crippen LogP contribution in [-0.4, -0.2) is 12.6 Å². The summed E-state index contributed by atoms with van der Waals surface area (Å²) in [4.78, 5) is 10.6. The van der Waals surface area contributed by atoms with E-state index in [4.69, 9.17) is 4.74 Å². The molecular formula is C13H20O2. The van der Waals surface area contributed by atoms with E-state index in [0.29, 0.717) is 6.61 Å². The van der Waals surface area contributed by atoms with Crippen LogP contribution in [0.1, 0.15) is 33.1 Å². The van der Waals surface area contributed by atoms with Gasteiger partial charge < -0.3 is 4.74 Å². The molecule has 0 radical (unpaired) electrons. The van der Waals surface area contributed by atoms with Gasteiger partial charge >= 0.3 is 5.97 Å². The molecule has 2 rings (SSSR count). The number of hydrogen-bond acceptors (Lipinski definition) is 2. The third kappa shape index (κ3) is 2.24. The second kappa shape index (κ2) is 4.38. The summed E-state index contributed by atoms with van der Waals surface area (Å²) in [5.41, 5.74) is 0. The average molecular weight is 208 g/mol. The molecule has 2 bridgehead atoms. The molecule has 2 heteroatoms. The Morgan fingerprint density at radius 2 is 2.13 bits per heavy atom. The van der Waals surface area contributed by atoms with Gasteiger partial charge in [0, 0.05) is 6.92 Å².